The average Bonchev–Trinajstić information content (AvgIpc) is 2.72. The van der Waals surface area contributed by atoms with Crippen molar-refractivity contribution in [1.82, 2.24) is 5.32 Å². The van der Waals surface area contributed by atoms with E-state index < -0.39 is 0 Å². The minimum Gasteiger partial charge on any atom is -0.310 e. The number of nitrogens with one attached hydrogen (secondary N) is 1. The highest BCUT2D eigenvalue weighted by atomic mass is 19.1. The lowest BCUT2D eigenvalue weighted by Crippen LogP contribution is -2.27. The SMILES string of the molecule is CCNC(c1cccc(F)c1)C1CCC(C)C1. The lowest BCUT2D eigenvalue weighted by atomic mass is 9.91. The van der Waals surface area contributed by atoms with Gasteiger partial charge in [-0.25, -0.2) is 4.39 Å². The quantitative estimate of drug-likeness (QED) is 0.834. The van der Waals surface area contributed by atoms with Gasteiger partial charge < -0.3 is 5.32 Å². The molecular weight excluding hydrogens is 213 g/mol. The van der Waals surface area contributed by atoms with Gasteiger partial charge in [0.05, 0.1) is 0 Å². The molecule has 1 nitrogen and oxygen atoms in total. The van der Waals surface area contributed by atoms with E-state index in [0.29, 0.717) is 12.0 Å². The van der Waals surface area contributed by atoms with Gasteiger partial charge in [0.25, 0.3) is 0 Å². The molecule has 17 heavy (non-hydrogen) atoms. The van der Waals surface area contributed by atoms with Crippen LogP contribution in [0.3, 0.4) is 0 Å². The van der Waals surface area contributed by atoms with E-state index in [1.54, 1.807) is 6.07 Å². The third-order valence-corrected chi connectivity index (χ3v) is 3.84. The van der Waals surface area contributed by atoms with Crippen molar-refractivity contribution in [2.75, 3.05) is 6.54 Å². The molecule has 0 saturated heterocycles. The van der Waals surface area contributed by atoms with Crippen molar-refractivity contribution in [2.45, 2.75) is 39.2 Å². The van der Waals surface area contributed by atoms with Crippen molar-refractivity contribution in [3.05, 3.63) is 35.6 Å². The summed E-state index contributed by atoms with van der Waals surface area (Å²) >= 11 is 0. The predicted molar refractivity (Wildman–Crippen MR) is 69.3 cm³/mol. The Hall–Kier alpha value is -0.890. The zero-order valence-corrected chi connectivity index (χ0v) is 10.7. The van der Waals surface area contributed by atoms with Gasteiger partial charge in [-0.15, -0.1) is 0 Å². The molecule has 94 valence electrons. The van der Waals surface area contributed by atoms with Crippen LogP contribution in [0.1, 0.15) is 44.7 Å². The van der Waals surface area contributed by atoms with Crippen molar-refractivity contribution < 1.29 is 4.39 Å². The molecule has 1 aromatic carbocycles. The van der Waals surface area contributed by atoms with E-state index in [1.807, 2.05) is 12.1 Å². The fraction of sp³-hybridized carbons (Fsp3) is 0.600. The lowest BCUT2D eigenvalue weighted by Gasteiger charge is -2.25. The fourth-order valence-corrected chi connectivity index (χ4v) is 3.03. The van der Waals surface area contributed by atoms with E-state index in [1.165, 1.54) is 25.3 Å². The standard InChI is InChI=1S/C15H22FN/c1-3-17-15(13-8-7-11(2)9-13)12-5-4-6-14(16)10-12/h4-6,10-11,13,15,17H,3,7-9H2,1-2H3. The van der Waals surface area contributed by atoms with Gasteiger partial charge in [0.2, 0.25) is 0 Å². The normalized spacial score (nSPS) is 26.1. The molecule has 3 unspecified atom stereocenters. The molecule has 0 aliphatic heterocycles. The molecule has 1 N–H and O–H groups in total. The second kappa shape index (κ2) is 5.63. The molecule has 0 spiro atoms. The molecule has 1 aliphatic carbocycles. The summed E-state index contributed by atoms with van der Waals surface area (Å²) in [5.41, 5.74) is 1.10. The topological polar surface area (TPSA) is 12.0 Å². The molecule has 1 fully saturated rings. The van der Waals surface area contributed by atoms with Gasteiger partial charge in [0.1, 0.15) is 5.82 Å². The van der Waals surface area contributed by atoms with Crippen LogP contribution in [0.5, 0.6) is 0 Å². The Bertz CT molecular complexity index is 364. The molecule has 1 saturated carbocycles. The van der Waals surface area contributed by atoms with Crippen LogP contribution in [0.25, 0.3) is 0 Å². The Morgan fingerprint density at radius 1 is 1.41 bits per heavy atom. The molecule has 1 aromatic rings. The first-order chi connectivity index (χ1) is 8.20. The maximum atomic E-state index is 13.3. The van der Waals surface area contributed by atoms with Crippen LogP contribution in [0.15, 0.2) is 24.3 Å². The smallest absolute Gasteiger partial charge is 0.123 e. The lowest BCUT2D eigenvalue weighted by molar-refractivity contribution is 0.364. The van der Waals surface area contributed by atoms with Crippen molar-refractivity contribution in [1.29, 1.82) is 0 Å². The monoisotopic (exact) mass is 235 g/mol. The van der Waals surface area contributed by atoms with Crippen molar-refractivity contribution in [2.24, 2.45) is 11.8 Å². The highest BCUT2D eigenvalue weighted by Gasteiger charge is 2.29. The van der Waals surface area contributed by atoms with Gasteiger partial charge in [0.15, 0.2) is 0 Å². The van der Waals surface area contributed by atoms with E-state index in [0.717, 1.165) is 18.0 Å². The van der Waals surface area contributed by atoms with E-state index in [2.05, 4.69) is 19.2 Å². The molecule has 0 aromatic heterocycles. The van der Waals surface area contributed by atoms with Gasteiger partial charge in [-0.05, 0) is 48.9 Å². The Labute approximate surface area is 103 Å². The Kier molecular flexibility index (Phi) is 4.16. The Morgan fingerprint density at radius 3 is 2.82 bits per heavy atom. The summed E-state index contributed by atoms with van der Waals surface area (Å²) in [6.07, 6.45) is 3.82. The number of halogens is 1. The zero-order chi connectivity index (χ0) is 12.3. The number of rotatable bonds is 4. The summed E-state index contributed by atoms with van der Waals surface area (Å²) in [6, 6.07) is 7.37. The first kappa shape index (κ1) is 12.6. The van der Waals surface area contributed by atoms with Crippen LogP contribution in [0, 0.1) is 17.7 Å². The number of benzene rings is 1. The van der Waals surface area contributed by atoms with Gasteiger partial charge >= 0.3 is 0 Å². The largest absolute Gasteiger partial charge is 0.310 e. The van der Waals surface area contributed by atoms with Gasteiger partial charge in [-0.1, -0.05) is 32.4 Å². The fourth-order valence-electron chi connectivity index (χ4n) is 3.03. The first-order valence-corrected chi connectivity index (χ1v) is 6.69. The molecule has 3 atom stereocenters. The minimum absolute atomic E-state index is 0.128. The average molecular weight is 235 g/mol. The Balaban J connectivity index is 2.16. The summed E-state index contributed by atoms with van der Waals surface area (Å²) in [7, 11) is 0. The van der Waals surface area contributed by atoms with Crippen molar-refractivity contribution in [3.63, 3.8) is 0 Å². The maximum Gasteiger partial charge on any atom is 0.123 e. The zero-order valence-electron chi connectivity index (χ0n) is 10.7. The summed E-state index contributed by atoms with van der Waals surface area (Å²) in [6.45, 7) is 5.37. The van der Waals surface area contributed by atoms with Crippen LogP contribution >= 0.6 is 0 Å². The third-order valence-electron chi connectivity index (χ3n) is 3.84. The van der Waals surface area contributed by atoms with Gasteiger partial charge in [-0.3, -0.25) is 0 Å². The molecule has 0 radical (unpaired) electrons. The molecule has 0 bridgehead atoms. The number of hydrogen-bond donors (Lipinski definition) is 1. The maximum absolute atomic E-state index is 13.3. The first-order valence-electron chi connectivity index (χ1n) is 6.69. The second-order valence-corrected chi connectivity index (χ2v) is 5.27. The predicted octanol–water partition coefficient (Wildman–Crippen LogP) is 3.91. The van der Waals surface area contributed by atoms with Crippen LogP contribution in [0.4, 0.5) is 4.39 Å². The number of hydrogen-bond acceptors (Lipinski definition) is 1. The summed E-state index contributed by atoms with van der Waals surface area (Å²) in [5.74, 6) is 1.35. The van der Waals surface area contributed by atoms with E-state index in [-0.39, 0.29) is 5.82 Å². The third kappa shape index (κ3) is 3.06. The van der Waals surface area contributed by atoms with Gasteiger partial charge in [0, 0.05) is 6.04 Å². The van der Waals surface area contributed by atoms with Crippen LogP contribution in [-0.2, 0) is 0 Å². The molecule has 0 heterocycles. The van der Waals surface area contributed by atoms with Crippen LogP contribution < -0.4 is 5.32 Å². The van der Waals surface area contributed by atoms with Crippen LogP contribution in [-0.4, -0.2) is 6.54 Å². The van der Waals surface area contributed by atoms with Crippen molar-refractivity contribution >= 4 is 0 Å². The molecule has 0 amide bonds. The van der Waals surface area contributed by atoms with E-state index in [4.69, 9.17) is 0 Å². The minimum atomic E-state index is -0.128. The second-order valence-electron chi connectivity index (χ2n) is 5.27. The molecule has 1 aliphatic rings. The summed E-state index contributed by atoms with van der Waals surface area (Å²) < 4.78 is 13.3. The highest BCUT2D eigenvalue weighted by molar-refractivity contribution is 5.21. The van der Waals surface area contributed by atoms with Crippen molar-refractivity contribution in [3.8, 4) is 0 Å². The van der Waals surface area contributed by atoms with E-state index >= 15 is 0 Å². The molecular formula is C15H22FN. The molecule has 2 rings (SSSR count). The highest BCUT2D eigenvalue weighted by Crippen LogP contribution is 2.38. The Morgan fingerprint density at radius 2 is 2.24 bits per heavy atom. The van der Waals surface area contributed by atoms with Crippen LogP contribution in [0.2, 0.25) is 0 Å². The van der Waals surface area contributed by atoms with Gasteiger partial charge in [-0.2, -0.15) is 0 Å². The van der Waals surface area contributed by atoms with E-state index in [9.17, 15) is 4.39 Å². The summed E-state index contributed by atoms with van der Waals surface area (Å²) in [4.78, 5) is 0. The molecule has 2 heteroatoms. The summed E-state index contributed by atoms with van der Waals surface area (Å²) in [5, 5.41) is 3.52.